The fraction of sp³-hybridized carbons (Fsp3) is 0.316. The SMILES string of the molecule is O=C(CCc1ccccc1)N1CCN(C(=O)c2ccncc2)CC1. The first-order chi connectivity index (χ1) is 11.7. The molecule has 5 heteroatoms. The Bertz CT molecular complexity index is 680. The van der Waals surface area contributed by atoms with Crippen LogP contribution in [0.25, 0.3) is 0 Å². The summed E-state index contributed by atoms with van der Waals surface area (Å²) < 4.78 is 0. The van der Waals surface area contributed by atoms with Crippen LogP contribution in [0.15, 0.2) is 54.9 Å². The normalized spacial score (nSPS) is 14.5. The molecule has 0 saturated carbocycles. The van der Waals surface area contributed by atoms with Crippen molar-refractivity contribution in [1.82, 2.24) is 14.8 Å². The highest BCUT2D eigenvalue weighted by molar-refractivity contribution is 5.94. The quantitative estimate of drug-likeness (QED) is 0.865. The van der Waals surface area contributed by atoms with Gasteiger partial charge in [0, 0.05) is 50.6 Å². The average molecular weight is 323 g/mol. The average Bonchev–Trinajstić information content (AvgIpc) is 2.67. The zero-order chi connectivity index (χ0) is 16.8. The Morgan fingerprint density at radius 3 is 2.17 bits per heavy atom. The highest BCUT2D eigenvalue weighted by Crippen LogP contribution is 2.10. The van der Waals surface area contributed by atoms with Gasteiger partial charge in [0.15, 0.2) is 0 Å². The highest BCUT2D eigenvalue weighted by atomic mass is 16.2. The standard InChI is InChI=1S/C19H21N3O2/c23-18(7-6-16-4-2-1-3-5-16)21-12-14-22(15-13-21)19(24)17-8-10-20-11-9-17/h1-5,8-11H,6-7,12-15H2. The van der Waals surface area contributed by atoms with E-state index in [0.717, 1.165) is 6.42 Å². The maximum Gasteiger partial charge on any atom is 0.254 e. The number of amides is 2. The maximum absolute atomic E-state index is 12.4. The van der Waals surface area contributed by atoms with Gasteiger partial charge < -0.3 is 9.80 Å². The van der Waals surface area contributed by atoms with E-state index >= 15 is 0 Å². The van der Waals surface area contributed by atoms with Gasteiger partial charge in [-0.1, -0.05) is 30.3 Å². The molecule has 1 saturated heterocycles. The second-order valence-corrected chi connectivity index (χ2v) is 5.89. The van der Waals surface area contributed by atoms with Crippen LogP contribution in [-0.2, 0) is 11.2 Å². The number of hydrogen-bond acceptors (Lipinski definition) is 3. The molecule has 1 aromatic heterocycles. The second-order valence-electron chi connectivity index (χ2n) is 5.89. The molecule has 1 aliphatic heterocycles. The van der Waals surface area contributed by atoms with Crippen molar-refractivity contribution in [1.29, 1.82) is 0 Å². The van der Waals surface area contributed by atoms with E-state index < -0.39 is 0 Å². The number of piperazine rings is 1. The molecule has 0 bridgehead atoms. The number of benzene rings is 1. The molecule has 124 valence electrons. The fourth-order valence-electron chi connectivity index (χ4n) is 2.89. The van der Waals surface area contributed by atoms with Crippen LogP contribution in [0.5, 0.6) is 0 Å². The van der Waals surface area contributed by atoms with Crippen molar-refractivity contribution in [3.05, 3.63) is 66.0 Å². The van der Waals surface area contributed by atoms with E-state index in [1.807, 2.05) is 35.2 Å². The minimum Gasteiger partial charge on any atom is -0.339 e. The van der Waals surface area contributed by atoms with Gasteiger partial charge in [-0.05, 0) is 24.1 Å². The lowest BCUT2D eigenvalue weighted by atomic mass is 10.1. The monoisotopic (exact) mass is 323 g/mol. The molecule has 0 radical (unpaired) electrons. The van der Waals surface area contributed by atoms with Crippen LogP contribution in [0.3, 0.4) is 0 Å². The van der Waals surface area contributed by atoms with E-state index in [1.54, 1.807) is 29.4 Å². The van der Waals surface area contributed by atoms with Crippen LogP contribution in [0.4, 0.5) is 0 Å². The van der Waals surface area contributed by atoms with Crippen LogP contribution >= 0.6 is 0 Å². The number of carbonyl (C=O) groups excluding carboxylic acids is 2. The number of aryl methyl sites for hydroxylation is 1. The Balaban J connectivity index is 1.48. The molecule has 2 aromatic rings. The first-order valence-corrected chi connectivity index (χ1v) is 8.25. The van der Waals surface area contributed by atoms with E-state index in [0.29, 0.717) is 38.2 Å². The molecule has 1 aromatic carbocycles. The van der Waals surface area contributed by atoms with Crippen LogP contribution in [0.1, 0.15) is 22.3 Å². The molecule has 0 atom stereocenters. The summed E-state index contributed by atoms with van der Waals surface area (Å²) in [6, 6.07) is 13.5. The van der Waals surface area contributed by atoms with Gasteiger partial charge in [0.1, 0.15) is 0 Å². The van der Waals surface area contributed by atoms with Gasteiger partial charge in [-0.2, -0.15) is 0 Å². The Morgan fingerprint density at radius 1 is 0.875 bits per heavy atom. The molecule has 0 spiro atoms. The molecule has 5 nitrogen and oxygen atoms in total. The zero-order valence-electron chi connectivity index (χ0n) is 13.6. The summed E-state index contributed by atoms with van der Waals surface area (Å²) >= 11 is 0. The van der Waals surface area contributed by atoms with Crippen molar-refractivity contribution >= 4 is 11.8 Å². The second kappa shape index (κ2) is 7.73. The van der Waals surface area contributed by atoms with Crippen molar-refractivity contribution in [2.24, 2.45) is 0 Å². The van der Waals surface area contributed by atoms with Gasteiger partial charge >= 0.3 is 0 Å². The smallest absolute Gasteiger partial charge is 0.254 e. The van der Waals surface area contributed by atoms with Crippen molar-refractivity contribution in [3.8, 4) is 0 Å². The first-order valence-electron chi connectivity index (χ1n) is 8.25. The minimum atomic E-state index is 0.00813. The lowest BCUT2D eigenvalue weighted by Gasteiger charge is -2.35. The number of pyridine rings is 1. The fourth-order valence-corrected chi connectivity index (χ4v) is 2.89. The van der Waals surface area contributed by atoms with Gasteiger partial charge in [0.2, 0.25) is 5.91 Å². The van der Waals surface area contributed by atoms with Crippen LogP contribution < -0.4 is 0 Å². The predicted molar refractivity (Wildman–Crippen MR) is 91.5 cm³/mol. The van der Waals surface area contributed by atoms with E-state index in [1.165, 1.54) is 5.56 Å². The van der Waals surface area contributed by atoms with Gasteiger partial charge in [0.25, 0.3) is 5.91 Å². The van der Waals surface area contributed by atoms with Gasteiger partial charge in [-0.15, -0.1) is 0 Å². The molecule has 24 heavy (non-hydrogen) atoms. The topological polar surface area (TPSA) is 53.5 Å². The molecule has 2 amide bonds. The third kappa shape index (κ3) is 3.98. The lowest BCUT2D eigenvalue weighted by Crippen LogP contribution is -2.50. The van der Waals surface area contributed by atoms with E-state index in [9.17, 15) is 9.59 Å². The molecule has 2 heterocycles. The first kappa shape index (κ1) is 16.2. The predicted octanol–water partition coefficient (Wildman–Crippen LogP) is 2.00. The van der Waals surface area contributed by atoms with E-state index in [-0.39, 0.29) is 11.8 Å². The summed E-state index contributed by atoms with van der Waals surface area (Å²) in [6.45, 7) is 2.37. The van der Waals surface area contributed by atoms with E-state index in [4.69, 9.17) is 0 Å². The number of rotatable bonds is 4. The molecular formula is C19H21N3O2. The number of carbonyl (C=O) groups is 2. The summed E-state index contributed by atoms with van der Waals surface area (Å²) in [7, 11) is 0. The molecular weight excluding hydrogens is 302 g/mol. The molecule has 0 N–H and O–H groups in total. The Hall–Kier alpha value is -2.69. The van der Waals surface area contributed by atoms with E-state index in [2.05, 4.69) is 4.98 Å². The summed E-state index contributed by atoms with van der Waals surface area (Å²) in [5, 5.41) is 0. The summed E-state index contributed by atoms with van der Waals surface area (Å²) in [5.41, 5.74) is 1.83. The third-order valence-electron chi connectivity index (χ3n) is 4.32. The number of nitrogens with zero attached hydrogens (tertiary/aromatic N) is 3. The minimum absolute atomic E-state index is 0.00813. The van der Waals surface area contributed by atoms with Gasteiger partial charge in [-0.25, -0.2) is 0 Å². The largest absolute Gasteiger partial charge is 0.339 e. The highest BCUT2D eigenvalue weighted by Gasteiger charge is 2.24. The van der Waals surface area contributed by atoms with Crippen molar-refractivity contribution in [3.63, 3.8) is 0 Å². The third-order valence-corrected chi connectivity index (χ3v) is 4.32. The molecule has 0 aliphatic carbocycles. The maximum atomic E-state index is 12.4. The van der Waals surface area contributed by atoms with Crippen LogP contribution in [0, 0.1) is 0 Å². The van der Waals surface area contributed by atoms with Crippen molar-refractivity contribution in [2.75, 3.05) is 26.2 Å². The van der Waals surface area contributed by atoms with Gasteiger partial charge in [0.05, 0.1) is 0 Å². The number of hydrogen-bond donors (Lipinski definition) is 0. The van der Waals surface area contributed by atoms with Crippen molar-refractivity contribution in [2.45, 2.75) is 12.8 Å². The number of aromatic nitrogens is 1. The molecule has 3 rings (SSSR count). The molecule has 0 unspecified atom stereocenters. The molecule has 1 fully saturated rings. The van der Waals surface area contributed by atoms with Crippen LogP contribution in [-0.4, -0.2) is 52.8 Å². The van der Waals surface area contributed by atoms with Gasteiger partial charge in [-0.3, -0.25) is 14.6 Å². The summed E-state index contributed by atoms with van der Waals surface area (Å²) in [5.74, 6) is 0.170. The Morgan fingerprint density at radius 2 is 1.50 bits per heavy atom. The summed E-state index contributed by atoms with van der Waals surface area (Å²) in [4.78, 5) is 32.3. The van der Waals surface area contributed by atoms with Crippen LogP contribution in [0.2, 0.25) is 0 Å². The Labute approximate surface area is 141 Å². The lowest BCUT2D eigenvalue weighted by molar-refractivity contribution is -0.132. The summed E-state index contributed by atoms with van der Waals surface area (Å²) in [6.07, 6.45) is 4.52. The zero-order valence-corrected chi connectivity index (χ0v) is 13.6. The van der Waals surface area contributed by atoms with Crippen molar-refractivity contribution < 1.29 is 9.59 Å². The molecule has 1 aliphatic rings. The Kier molecular flexibility index (Phi) is 5.21.